The molecule has 0 radical (unpaired) electrons. The van der Waals surface area contributed by atoms with Crippen molar-refractivity contribution in [1.82, 2.24) is 5.32 Å². The van der Waals surface area contributed by atoms with Gasteiger partial charge in [-0.05, 0) is 48.4 Å². The molecule has 0 saturated carbocycles. The number of rotatable bonds is 5. The molecule has 0 atom stereocenters. The van der Waals surface area contributed by atoms with Crippen molar-refractivity contribution in [2.75, 3.05) is 17.6 Å². The van der Waals surface area contributed by atoms with Gasteiger partial charge >= 0.3 is 6.03 Å². The van der Waals surface area contributed by atoms with Crippen molar-refractivity contribution in [3.05, 3.63) is 54.1 Å². The number of hydrogen-bond acceptors (Lipinski definition) is 4. The van der Waals surface area contributed by atoms with E-state index < -0.39 is 10.0 Å². The van der Waals surface area contributed by atoms with Gasteiger partial charge < -0.3 is 16.4 Å². The van der Waals surface area contributed by atoms with E-state index in [9.17, 15) is 13.2 Å². The lowest BCUT2D eigenvalue weighted by Gasteiger charge is -2.08. The standard InChI is InChI=1S/C15H18N4O3S/c16-12-3-5-13(6-4-12)19-15(20)18-10-9-11-1-7-14(8-2-11)23(17,21)22/h1-8H,9-10,16H2,(H2,17,21,22)(H2,18,19,20). The first-order valence-corrected chi connectivity index (χ1v) is 8.41. The first-order chi connectivity index (χ1) is 10.8. The number of nitrogen functional groups attached to an aromatic ring is 1. The van der Waals surface area contributed by atoms with Crippen LogP contribution in [0.5, 0.6) is 0 Å². The van der Waals surface area contributed by atoms with Crippen LogP contribution in [0.4, 0.5) is 16.2 Å². The van der Waals surface area contributed by atoms with E-state index in [1.807, 2.05) is 0 Å². The minimum absolute atomic E-state index is 0.0651. The molecule has 0 spiro atoms. The second-order valence-electron chi connectivity index (χ2n) is 4.94. The maximum atomic E-state index is 11.7. The molecule has 0 saturated heterocycles. The number of benzene rings is 2. The summed E-state index contributed by atoms with van der Waals surface area (Å²) in [5.74, 6) is 0. The van der Waals surface area contributed by atoms with E-state index in [4.69, 9.17) is 10.9 Å². The van der Waals surface area contributed by atoms with Crippen LogP contribution in [0.2, 0.25) is 0 Å². The van der Waals surface area contributed by atoms with Gasteiger partial charge in [0.25, 0.3) is 0 Å². The van der Waals surface area contributed by atoms with Gasteiger partial charge in [0.15, 0.2) is 0 Å². The van der Waals surface area contributed by atoms with Crippen molar-refractivity contribution in [3.63, 3.8) is 0 Å². The van der Waals surface area contributed by atoms with E-state index in [1.54, 1.807) is 36.4 Å². The Bertz CT molecular complexity index is 771. The predicted molar refractivity (Wildman–Crippen MR) is 89.4 cm³/mol. The third kappa shape index (κ3) is 5.28. The van der Waals surface area contributed by atoms with Crippen LogP contribution in [0.25, 0.3) is 0 Å². The highest BCUT2D eigenvalue weighted by Gasteiger charge is 2.07. The maximum absolute atomic E-state index is 11.7. The lowest BCUT2D eigenvalue weighted by atomic mass is 10.1. The molecule has 0 fully saturated rings. The van der Waals surface area contributed by atoms with Crippen LogP contribution in [0.3, 0.4) is 0 Å². The molecule has 0 aliphatic rings. The topological polar surface area (TPSA) is 127 Å². The number of carbonyl (C=O) groups excluding carboxylic acids is 1. The fraction of sp³-hybridized carbons (Fsp3) is 0.133. The molecule has 0 aromatic heterocycles. The van der Waals surface area contributed by atoms with Crippen LogP contribution in [-0.4, -0.2) is 21.0 Å². The lowest BCUT2D eigenvalue weighted by Crippen LogP contribution is -2.30. The Balaban J connectivity index is 1.80. The number of nitrogens with one attached hydrogen (secondary N) is 2. The smallest absolute Gasteiger partial charge is 0.319 e. The third-order valence-electron chi connectivity index (χ3n) is 3.12. The van der Waals surface area contributed by atoms with Crippen LogP contribution >= 0.6 is 0 Å². The van der Waals surface area contributed by atoms with Crippen LogP contribution in [0, 0.1) is 0 Å². The summed E-state index contributed by atoms with van der Waals surface area (Å²) >= 11 is 0. The van der Waals surface area contributed by atoms with Crippen molar-refractivity contribution in [3.8, 4) is 0 Å². The van der Waals surface area contributed by atoms with Gasteiger partial charge in [0.1, 0.15) is 0 Å². The maximum Gasteiger partial charge on any atom is 0.319 e. The number of hydrogen-bond donors (Lipinski definition) is 4. The van der Waals surface area contributed by atoms with E-state index in [1.165, 1.54) is 12.1 Å². The number of urea groups is 1. The molecular formula is C15H18N4O3S. The first kappa shape index (κ1) is 16.8. The number of amides is 2. The average molecular weight is 334 g/mol. The van der Waals surface area contributed by atoms with Gasteiger partial charge in [-0.3, -0.25) is 0 Å². The highest BCUT2D eigenvalue weighted by molar-refractivity contribution is 7.89. The van der Waals surface area contributed by atoms with E-state index in [0.717, 1.165) is 5.56 Å². The minimum atomic E-state index is -3.68. The fourth-order valence-corrected chi connectivity index (χ4v) is 2.42. The lowest BCUT2D eigenvalue weighted by molar-refractivity contribution is 0.252. The van der Waals surface area contributed by atoms with Gasteiger partial charge in [0.2, 0.25) is 10.0 Å². The quantitative estimate of drug-likeness (QED) is 0.614. The number of nitrogens with two attached hydrogens (primary N) is 2. The molecule has 2 aromatic carbocycles. The van der Waals surface area contributed by atoms with Crippen molar-refractivity contribution < 1.29 is 13.2 Å². The predicted octanol–water partition coefficient (Wildman–Crippen LogP) is 1.28. The summed E-state index contributed by atoms with van der Waals surface area (Å²) in [7, 11) is -3.68. The molecule has 122 valence electrons. The van der Waals surface area contributed by atoms with Gasteiger partial charge in [-0.25, -0.2) is 18.4 Å². The van der Waals surface area contributed by atoms with Crippen molar-refractivity contribution in [1.29, 1.82) is 0 Å². The summed E-state index contributed by atoms with van der Waals surface area (Å²) in [5, 5.41) is 10.4. The van der Waals surface area contributed by atoms with Gasteiger partial charge in [-0.1, -0.05) is 12.1 Å². The Kier molecular flexibility index (Phi) is 5.20. The molecule has 0 heterocycles. The monoisotopic (exact) mass is 334 g/mol. The zero-order valence-electron chi connectivity index (χ0n) is 12.3. The first-order valence-electron chi connectivity index (χ1n) is 6.87. The molecular weight excluding hydrogens is 316 g/mol. The Morgan fingerprint density at radius 2 is 1.61 bits per heavy atom. The summed E-state index contributed by atoms with van der Waals surface area (Å²) in [4.78, 5) is 11.8. The van der Waals surface area contributed by atoms with Gasteiger partial charge in [0.05, 0.1) is 4.90 Å². The molecule has 0 aliphatic heterocycles. The van der Waals surface area contributed by atoms with Crippen LogP contribution in [-0.2, 0) is 16.4 Å². The highest BCUT2D eigenvalue weighted by Crippen LogP contribution is 2.10. The van der Waals surface area contributed by atoms with E-state index >= 15 is 0 Å². The van der Waals surface area contributed by atoms with Gasteiger partial charge in [0, 0.05) is 17.9 Å². The second kappa shape index (κ2) is 7.12. The van der Waals surface area contributed by atoms with Crippen LogP contribution in [0.1, 0.15) is 5.56 Å². The zero-order valence-corrected chi connectivity index (χ0v) is 13.1. The van der Waals surface area contributed by atoms with E-state index in [-0.39, 0.29) is 10.9 Å². The summed E-state index contributed by atoms with van der Waals surface area (Å²) in [6.07, 6.45) is 0.570. The number of primary sulfonamides is 1. The molecule has 23 heavy (non-hydrogen) atoms. The third-order valence-corrected chi connectivity index (χ3v) is 4.05. The summed E-state index contributed by atoms with van der Waals surface area (Å²) in [5.41, 5.74) is 7.73. The Labute approximate surface area is 134 Å². The molecule has 8 heteroatoms. The molecule has 2 aromatic rings. The summed E-state index contributed by atoms with van der Waals surface area (Å²) < 4.78 is 22.3. The largest absolute Gasteiger partial charge is 0.399 e. The van der Waals surface area contributed by atoms with Gasteiger partial charge in [-0.2, -0.15) is 0 Å². The molecule has 2 rings (SSSR count). The van der Waals surface area contributed by atoms with Crippen molar-refractivity contribution in [2.24, 2.45) is 5.14 Å². The summed E-state index contributed by atoms with van der Waals surface area (Å²) in [6, 6.07) is 12.7. The second-order valence-corrected chi connectivity index (χ2v) is 6.50. The van der Waals surface area contributed by atoms with Crippen LogP contribution < -0.4 is 21.5 Å². The molecule has 0 unspecified atom stereocenters. The Morgan fingerprint density at radius 1 is 1.00 bits per heavy atom. The molecule has 6 N–H and O–H groups in total. The Hall–Kier alpha value is -2.58. The molecule has 0 aliphatic carbocycles. The number of anilines is 2. The molecule has 7 nitrogen and oxygen atoms in total. The zero-order chi connectivity index (χ0) is 16.9. The minimum Gasteiger partial charge on any atom is -0.399 e. The van der Waals surface area contributed by atoms with E-state index in [2.05, 4.69) is 10.6 Å². The van der Waals surface area contributed by atoms with Gasteiger partial charge in [-0.15, -0.1) is 0 Å². The van der Waals surface area contributed by atoms with Crippen LogP contribution in [0.15, 0.2) is 53.4 Å². The number of carbonyl (C=O) groups is 1. The SMILES string of the molecule is Nc1ccc(NC(=O)NCCc2ccc(S(N)(=O)=O)cc2)cc1. The molecule has 2 amide bonds. The average Bonchev–Trinajstić information content (AvgIpc) is 2.49. The highest BCUT2D eigenvalue weighted by atomic mass is 32.2. The van der Waals surface area contributed by atoms with E-state index in [0.29, 0.717) is 24.3 Å². The number of sulfonamides is 1. The molecule has 0 bridgehead atoms. The van der Waals surface area contributed by atoms with Crippen molar-refractivity contribution >= 4 is 27.4 Å². The normalized spacial score (nSPS) is 11.0. The van der Waals surface area contributed by atoms with Crippen molar-refractivity contribution in [2.45, 2.75) is 11.3 Å². The summed E-state index contributed by atoms with van der Waals surface area (Å²) in [6.45, 7) is 0.412. The Morgan fingerprint density at radius 3 is 2.17 bits per heavy atom. The fourth-order valence-electron chi connectivity index (χ4n) is 1.91.